The summed E-state index contributed by atoms with van der Waals surface area (Å²) in [5, 5.41) is 2.49. The lowest BCUT2D eigenvalue weighted by Crippen LogP contribution is -2.40. The van der Waals surface area contributed by atoms with E-state index in [-0.39, 0.29) is 24.8 Å². The number of amides is 1. The predicted octanol–water partition coefficient (Wildman–Crippen LogP) is 2.82. The van der Waals surface area contributed by atoms with Crippen molar-refractivity contribution in [3.05, 3.63) is 29.1 Å². The molecule has 0 unspecified atom stereocenters. The molecule has 1 amide bonds. The van der Waals surface area contributed by atoms with Crippen molar-refractivity contribution in [3.63, 3.8) is 0 Å². The molecular weight excluding hydrogens is 354 g/mol. The molecule has 1 heterocycles. The van der Waals surface area contributed by atoms with E-state index in [1.807, 2.05) is 30.9 Å². The molecule has 7 heteroatoms. The van der Waals surface area contributed by atoms with E-state index in [1.165, 1.54) is 7.11 Å². The lowest BCUT2D eigenvalue weighted by molar-refractivity contribution is -0.142. The third-order valence-corrected chi connectivity index (χ3v) is 5.24. The number of rotatable bonds is 7. The summed E-state index contributed by atoms with van der Waals surface area (Å²) < 4.78 is 33.1. The number of benzene rings is 1. The Morgan fingerprint density at radius 1 is 1.37 bits per heavy atom. The number of hydrogen-bond donors (Lipinski definition) is 1. The maximum Gasteiger partial charge on any atom is 0.308 e. The van der Waals surface area contributed by atoms with E-state index in [2.05, 4.69) is 10.1 Å². The Bertz CT molecular complexity index is 747. The molecule has 27 heavy (non-hydrogen) atoms. The molecule has 5 nitrogen and oxygen atoms in total. The lowest BCUT2D eigenvalue weighted by atomic mass is 9.85. The molecule has 1 fully saturated rings. The lowest BCUT2D eigenvalue weighted by Gasteiger charge is -2.22. The molecule has 1 aliphatic carbocycles. The van der Waals surface area contributed by atoms with E-state index in [0.29, 0.717) is 18.0 Å². The van der Waals surface area contributed by atoms with Gasteiger partial charge in [-0.2, -0.15) is 0 Å². The molecule has 1 saturated carbocycles. The smallest absolute Gasteiger partial charge is 0.308 e. The van der Waals surface area contributed by atoms with E-state index in [4.69, 9.17) is 0 Å². The second-order valence-electron chi connectivity index (χ2n) is 8.06. The van der Waals surface area contributed by atoms with Crippen LogP contribution in [0.15, 0.2) is 12.1 Å². The first kappa shape index (κ1) is 19.6. The first-order chi connectivity index (χ1) is 12.7. The summed E-state index contributed by atoms with van der Waals surface area (Å²) >= 11 is 0. The second kappa shape index (κ2) is 7.44. The van der Waals surface area contributed by atoms with Crippen LogP contribution >= 0.6 is 0 Å². The van der Waals surface area contributed by atoms with Crippen LogP contribution in [0, 0.1) is 5.82 Å². The van der Waals surface area contributed by atoms with Crippen LogP contribution in [-0.4, -0.2) is 44.8 Å². The van der Waals surface area contributed by atoms with Gasteiger partial charge in [-0.1, -0.05) is 19.9 Å². The molecule has 0 aromatic heterocycles. The molecule has 148 valence electrons. The van der Waals surface area contributed by atoms with Gasteiger partial charge in [0.2, 0.25) is 5.91 Å². The highest BCUT2D eigenvalue weighted by Crippen LogP contribution is 2.48. The van der Waals surface area contributed by atoms with E-state index in [1.54, 1.807) is 0 Å². The zero-order valence-corrected chi connectivity index (χ0v) is 16.0. The maximum absolute atomic E-state index is 15.1. The van der Waals surface area contributed by atoms with Crippen molar-refractivity contribution < 1.29 is 23.1 Å². The SMILES string of the molecule is COC(=O)C[C@@H](F)CNC(=O)CN1CC(C)(C)c2c1ccc(C1CC1)c2F. The highest BCUT2D eigenvalue weighted by Gasteiger charge is 2.40. The molecule has 1 aromatic rings. The summed E-state index contributed by atoms with van der Waals surface area (Å²) in [6, 6.07) is 3.72. The average Bonchev–Trinajstić information content (AvgIpc) is 3.39. The fourth-order valence-corrected chi connectivity index (χ4v) is 3.77. The highest BCUT2D eigenvalue weighted by molar-refractivity contribution is 5.83. The first-order valence-corrected chi connectivity index (χ1v) is 9.28. The van der Waals surface area contributed by atoms with Crippen LogP contribution in [0.2, 0.25) is 0 Å². The number of carbonyl (C=O) groups excluding carboxylic acids is 2. The third-order valence-electron chi connectivity index (χ3n) is 5.24. The Kier molecular flexibility index (Phi) is 5.40. The number of nitrogens with one attached hydrogen (secondary N) is 1. The second-order valence-corrected chi connectivity index (χ2v) is 8.06. The number of nitrogens with zero attached hydrogens (tertiary/aromatic N) is 1. The number of alkyl halides is 1. The van der Waals surface area contributed by atoms with Gasteiger partial charge in [0.15, 0.2) is 0 Å². The third kappa shape index (κ3) is 4.22. The van der Waals surface area contributed by atoms with Gasteiger partial charge < -0.3 is 15.0 Å². The minimum Gasteiger partial charge on any atom is -0.469 e. The monoisotopic (exact) mass is 380 g/mol. The van der Waals surface area contributed by atoms with Crippen molar-refractivity contribution in [1.29, 1.82) is 0 Å². The van der Waals surface area contributed by atoms with Crippen LogP contribution in [0.3, 0.4) is 0 Å². The number of ether oxygens (including phenoxy) is 1. The zero-order chi connectivity index (χ0) is 19.8. The predicted molar refractivity (Wildman–Crippen MR) is 98.2 cm³/mol. The fraction of sp³-hybridized carbons (Fsp3) is 0.600. The largest absolute Gasteiger partial charge is 0.469 e. The van der Waals surface area contributed by atoms with Gasteiger partial charge in [-0.25, -0.2) is 8.78 Å². The molecule has 1 aromatic carbocycles. The van der Waals surface area contributed by atoms with Crippen LogP contribution in [0.1, 0.15) is 50.2 Å². The first-order valence-electron chi connectivity index (χ1n) is 9.28. The van der Waals surface area contributed by atoms with Crippen LogP contribution in [0.5, 0.6) is 0 Å². The molecule has 0 bridgehead atoms. The Morgan fingerprint density at radius 3 is 2.70 bits per heavy atom. The Balaban J connectivity index is 1.65. The number of methoxy groups -OCH3 is 1. The zero-order valence-electron chi connectivity index (χ0n) is 16.0. The van der Waals surface area contributed by atoms with Crippen molar-refractivity contribution in [2.45, 2.75) is 50.6 Å². The minimum absolute atomic E-state index is 0.0174. The molecule has 0 radical (unpaired) electrons. The number of anilines is 1. The maximum atomic E-state index is 15.1. The van der Waals surface area contributed by atoms with Gasteiger partial charge in [-0.3, -0.25) is 9.59 Å². The molecule has 1 N–H and O–H groups in total. The summed E-state index contributed by atoms with van der Waals surface area (Å²) in [4.78, 5) is 25.1. The average molecular weight is 380 g/mol. The normalized spacial score (nSPS) is 18.8. The quantitative estimate of drug-likeness (QED) is 0.739. The van der Waals surface area contributed by atoms with Crippen molar-refractivity contribution in [1.82, 2.24) is 5.32 Å². The van der Waals surface area contributed by atoms with E-state index in [0.717, 1.165) is 24.1 Å². The number of halogens is 2. The summed E-state index contributed by atoms with van der Waals surface area (Å²) in [5.41, 5.74) is 1.76. The summed E-state index contributed by atoms with van der Waals surface area (Å²) in [5.74, 6) is -0.851. The summed E-state index contributed by atoms with van der Waals surface area (Å²) in [7, 11) is 1.19. The van der Waals surface area contributed by atoms with Gasteiger partial charge in [0.1, 0.15) is 12.0 Å². The van der Waals surface area contributed by atoms with Gasteiger partial charge in [0.05, 0.1) is 20.1 Å². The Labute approximate surface area is 158 Å². The Hall–Kier alpha value is -2.18. The van der Waals surface area contributed by atoms with Gasteiger partial charge in [0.25, 0.3) is 0 Å². The van der Waals surface area contributed by atoms with Gasteiger partial charge in [0, 0.05) is 29.8 Å². The number of esters is 1. The molecule has 1 atom stereocenters. The molecule has 0 spiro atoms. The number of carbonyl (C=O) groups is 2. The molecule has 1 aliphatic heterocycles. The van der Waals surface area contributed by atoms with Crippen LogP contribution < -0.4 is 10.2 Å². The molecule has 0 saturated heterocycles. The van der Waals surface area contributed by atoms with Crippen molar-refractivity contribution in [2.75, 3.05) is 31.6 Å². The van der Waals surface area contributed by atoms with Gasteiger partial charge in [-0.05, 0) is 30.4 Å². The van der Waals surface area contributed by atoms with Crippen molar-refractivity contribution in [3.8, 4) is 0 Å². The van der Waals surface area contributed by atoms with Crippen molar-refractivity contribution in [2.24, 2.45) is 0 Å². The van der Waals surface area contributed by atoms with E-state index in [9.17, 15) is 14.0 Å². The van der Waals surface area contributed by atoms with Gasteiger partial charge >= 0.3 is 5.97 Å². The molecule has 2 aliphatic rings. The summed E-state index contributed by atoms with van der Waals surface area (Å²) in [6.07, 6.45) is 0.157. The number of hydrogen-bond acceptors (Lipinski definition) is 4. The van der Waals surface area contributed by atoms with E-state index >= 15 is 4.39 Å². The number of fused-ring (bicyclic) bond motifs is 1. The van der Waals surface area contributed by atoms with Crippen LogP contribution in [0.4, 0.5) is 14.5 Å². The highest BCUT2D eigenvalue weighted by atomic mass is 19.1. The van der Waals surface area contributed by atoms with Crippen molar-refractivity contribution >= 4 is 17.6 Å². The fourth-order valence-electron chi connectivity index (χ4n) is 3.77. The Morgan fingerprint density at radius 2 is 2.07 bits per heavy atom. The van der Waals surface area contributed by atoms with Gasteiger partial charge in [-0.15, -0.1) is 0 Å². The standard InChI is InChI=1S/C20H26F2N2O3/c1-20(2)11-24(10-16(25)23-9-13(21)8-17(26)27-3)15-7-6-14(12-4-5-12)19(22)18(15)20/h6-7,12-13H,4-5,8-11H2,1-3H3,(H,23,25)/t13-/m1/s1. The summed E-state index contributed by atoms with van der Waals surface area (Å²) in [6.45, 7) is 4.22. The van der Waals surface area contributed by atoms with Crippen LogP contribution in [-0.2, 0) is 19.7 Å². The molecule has 3 rings (SSSR count). The topological polar surface area (TPSA) is 58.6 Å². The molecular formula is C20H26F2N2O3. The van der Waals surface area contributed by atoms with E-state index < -0.39 is 24.0 Å². The minimum atomic E-state index is -1.50. The van der Waals surface area contributed by atoms with Crippen LogP contribution in [0.25, 0.3) is 0 Å².